The highest BCUT2D eigenvalue weighted by Gasteiger charge is 2.20. The van der Waals surface area contributed by atoms with Gasteiger partial charge in [-0.3, -0.25) is 14.5 Å². The van der Waals surface area contributed by atoms with Gasteiger partial charge >= 0.3 is 0 Å². The molecule has 3 rings (SSSR count). The molecular weight excluding hydrogens is 364 g/mol. The third kappa shape index (κ3) is 4.57. The van der Waals surface area contributed by atoms with E-state index in [4.69, 9.17) is 4.42 Å². The summed E-state index contributed by atoms with van der Waals surface area (Å²) in [4.78, 5) is 27.5. The van der Waals surface area contributed by atoms with Gasteiger partial charge in [0.2, 0.25) is 0 Å². The number of likely N-dealkylation sites (N-methyl/N-ethyl adjacent to an activating group) is 1. The molecule has 1 N–H and O–H groups in total. The number of hydrogen-bond donors (Lipinski definition) is 1. The summed E-state index contributed by atoms with van der Waals surface area (Å²) >= 11 is 0. The summed E-state index contributed by atoms with van der Waals surface area (Å²) < 4.78 is 5.77. The molecule has 0 saturated heterocycles. The highest BCUT2D eigenvalue weighted by atomic mass is 16.3. The zero-order valence-electron chi connectivity index (χ0n) is 17.5. The van der Waals surface area contributed by atoms with Gasteiger partial charge in [0.25, 0.3) is 5.91 Å². The first-order valence-corrected chi connectivity index (χ1v) is 10.1. The minimum absolute atomic E-state index is 0.0390. The fourth-order valence-corrected chi connectivity index (χ4v) is 3.60. The first-order valence-electron chi connectivity index (χ1n) is 10.1. The molecular formula is C24H28N2O3. The molecule has 1 aromatic heterocycles. The highest BCUT2D eigenvalue weighted by Crippen LogP contribution is 2.21. The Morgan fingerprint density at radius 2 is 1.69 bits per heavy atom. The van der Waals surface area contributed by atoms with Crippen LogP contribution >= 0.6 is 0 Å². The quantitative estimate of drug-likeness (QED) is 0.654. The van der Waals surface area contributed by atoms with Gasteiger partial charge in [0.1, 0.15) is 5.58 Å². The molecule has 0 unspecified atom stereocenters. The number of rotatable bonds is 7. The smallest absolute Gasteiger partial charge is 0.287 e. The molecule has 0 aliphatic carbocycles. The molecule has 1 heterocycles. The van der Waals surface area contributed by atoms with E-state index in [0.29, 0.717) is 17.5 Å². The number of nitrogens with zero attached hydrogens (tertiary/aromatic N) is 1. The Labute approximate surface area is 171 Å². The lowest BCUT2D eigenvalue weighted by Crippen LogP contribution is -2.38. The molecule has 0 saturated carbocycles. The topological polar surface area (TPSA) is 62.6 Å². The Kier molecular flexibility index (Phi) is 6.49. The summed E-state index contributed by atoms with van der Waals surface area (Å²) in [6.07, 6.45) is 0. The van der Waals surface area contributed by atoms with Gasteiger partial charge in [-0.25, -0.2) is 0 Å². The van der Waals surface area contributed by atoms with Crippen LogP contribution in [0.4, 0.5) is 0 Å². The molecule has 0 spiro atoms. The van der Waals surface area contributed by atoms with E-state index in [1.54, 1.807) is 0 Å². The molecule has 5 nitrogen and oxygen atoms in total. The second kappa shape index (κ2) is 9.05. The van der Waals surface area contributed by atoms with Gasteiger partial charge in [-0.1, -0.05) is 44.2 Å². The number of amides is 1. The number of nitrogens with one attached hydrogen (secondary N) is 1. The number of fused-ring (bicyclic) bond motifs is 1. The van der Waals surface area contributed by atoms with E-state index >= 15 is 0 Å². The first-order chi connectivity index (χ1) is 13.9. The van der Waals surface area contributed by atoms with Gasteiger partial charge in [0.05, 0.1) is 11.4 Å². The lowest BCUT2D eigenvalue weighted by molar-refractivity contribution is 0.0908. The van der Waals surface area contributed by atoms with E-state index in [1.807, 2.05) is 44.2 Å². The predicted molar refractivity (Wildman–Crippen MR) is 116 cm³/mol. The van der Waals surface area contributed by atoms with Crippen LogP contribution in [0.15, 0.2) is 57.7 Å². The van der Waals surface area contributed by atoms with E-state index in [1.165, 1.54) is 6.07 Å². The third-order valence-corrected chi connectivity index (χ3v) is 5.46. The molecule has 5 heteroatoms. The number of benzene rings is 2. The monoisotopic (exact) mass is 392 g/mol. The van der Waals surface area contributed by atoms with Crippen molar-refractivity contribution in [3.05, 3.63) is 81.2 Å². The van der Waals surface area contributed by atoms with Gasteiger partial charge in [0, 0.05) is 12.6 Å². The fraction of sp³-hybridized carbons (Fsp3) is 0.333. The predicted octanol–water partition coefficient (Wildman–Crippen LogP) is 4.22. The average Bonchev–Trinajstić information content (AvgIpc) is 2.73. The van der Waals surface area contributed by atoms with E-state index < -0.39 is 0 Å². The van der Waals surface area contributed by atoms with Crippen molar-refractivity contribution in [3.63, 3.8) is 0 Å². The Bertz CT molecular complexity index is 1050. The van der Waals surface area contributed by atoms with Crippen LogP contribution < -0.4 is 10.7 Å². The van der Waals surface area contributed by atoms with Gasteiger partial charge in [-0.05, 0) is 55.8 Å². The molecule has 29 heavy (non-hydrogen) atoms. The van der Waals surface area contributed by atoms with Crippen molar-refractivity contribution < 1.29 is 9.21 Å². The lowest BCUT2D eigenvalue weighted by Gasteiger charge is -2.30. The minimum Gasteiger partial charge on any atom is -0.451 e. The maximum atomic E-state index is 12.8. The van der Waals surface area contributed by atoms with Crippen molar-refractivity contribution in [2.75, 3.05) is 19.6 Å². The van der Waals surface area contributed by atoms with E-state index in [-0.39, 0.29) is 23.1 Å². The summed E-state index contributed by atoms with van der Waals surface area (Å²) in [5.74, 6) is -0.340. The van der Waals surface area contributed by atoms with Crippen LogP contribution in [0.2, 0.25) is 0 Å². The van der Waals surface area contributed by atoms with Crippen molar-refractivity contribution in [2.45, 2.75) is 33.7 Å². The van der Waals surface area contributed by atoms with Crippen LogP contribution in [0.1, 0.15) is 47.1 Å². The molecule has 2 aromatic carbocycles. The van der Waals surface area contributed by atoms with Crippen molar-refractivity contribution in [2.24, 2.45) is 0 Å². The number of aryl methyl sites for hydroxylation is 2. The first kappa shape index (κ1) is 20.8. The molecule has 152 valence electrons. The molecule has 3 aromatic rings. The SMILES string of the molecule is CCN(CC)[C@@H](CNC(=O)c1cc(=O)c2cc(C)c(C)cc2o1)c1ccccc1. The zero-order valence-corrected chi connectivity index (χ0v) is 17.5. The van der Waals surface area contributed by atoms with Crippen LogP contribution in [0.5, 0.6) is 0 Å². The third-order valence-electron chi connectivity index (χ3n) is 5.46. The van der Waals surface area contributed by atoms with Crippen LogP contribution in [0, 0.1) is 13.8 Å². The van der Waals surface area contributed by atoms with Crippen LogP contribution in [-0.4, -0.2) is 30.4 Å². The summed E-state index contributed by atoms with van der Waals surface area (Å²) in [6.45, 7) is 10.3. The summed E-state index contributed by atoms with van der Waals surface area (Å²) in [6, 6.07) is 15.1. The number of carbonyl (C=O) groups is 1. The Hall–Kier alpha value is -2.92. The molecule has 0 radical (unpaired) electrons. The molecule has 0 aliphatic heterocycles. The summed E-state index contributed by atoms with van der Waals surface area (Å²) in [5, 5.41) is 3.45. The molecule has 0 bridgehead atoms. The Morgan fingerprint density at radius 1 is 1.03 bits per heavy atom. The molecule has 1 amide bonds. The van der Waals surface area contributed by atoms with E-state index in [0.717, 1.165) is 29.8 Å². The second-order valence-corrected chi connectivity index (χ2v) is 7.27. The van der Waals surface area contributed by atoms with Gasteiger partial charge in [-0.15, -0.1) is 0 Å². The van der Waals surface area contributed by atoms with Crippen molar-refractivity contribution in [1.82, 2.24) is 10.2 Å². The van der Waals surface area contributed by atoms with E-state index in [9.17, 15) is 9.59 Å². The largest absolute Gasteiger partial charge is 0.451 e. The van der Waals surface area contributed by atoms with Crippen molar-refractivity contribution in [3.8, 4) is 0 Å². The van der Waals surface area contributed by atoms with Crippen LogP contribution in [0.3, 0.4) is 0 Å². The maximum absolute atomic E-state index is 12.8. The Morgan fingerprint density at radius 3 is 2.34 bits per heavy atom. The lowest BCUT2D eigenvalue weighted by atomic mass is 10.0. The Balaban J connectivity index is 1.85. The van der Waals surface area contributed by atoms with Crippen LogP contribution in [-0.2, 0) is 0 Å². The molecule has 0 aliphatic rings. The van der Waals surface area contributed by atoms with E-state index in [2.05, 4.69) is 36.2 Å². The van der Waals surface area contributed by atoms with Gasteiger partial charge in [-0.2, -0.15) is 0 Å². The minimum atomic E-state index is -0.379. The van der Waals surface area contributed by atoms with Gasteiger partial charge in [0.15, 0.2) is 11.2 Å². The van der Waals surface area contributed by atoms with Crippen molar-refractivity contribution in [1.29, 1.82) is 0 Å². The average molecular weight is 392 g/mol. The summed E-state index contributed by atoms with van der Waals surface area (Å²) in [7, 11) is 0. The second-order valence-electron chi connectivity index (χ2n) is 7.27. The maximum Gasteiger partial charge on any atom is 0.287 e. The standard InChI is InChI=1S/C24H28N2O3/c1-5-26(6-2)20(18-10-8-7-9-11-18)15-25-24(28)23-14-21(27)19-12-16(3)17(4)13-22(19)29-23/h7-14,20H,5-6,15H2,1-4H3,(H,25,28)/t20-/m0/s1. The zero-order chi connectivity index (χ0) is 21.0. The summed E-state index contributed by atoms with van der Waals surface area (Å²) in [5.41, 5.74) is 3.41. The fourth-order valence-electron chi connectivity index (χ4n) is 3.60. The van der Waals surface area contributed by atoms with Crippen LogP contribution in [0.25, 0.3) is 11.0 Å². The molecule has 0 fully saturated rings. The van der Waals surface area contributed by atoms with Crippen molar-refractivity contribution >= 4 is 16.9 Å². The number of carbonyl (C=O) groups excluding carboxylic acids is 1. The normalized spacial score (nSPS) is 12.3. The van der Waals surface area contributed by atoms with Gasteiger partial charge < -0.3 is 9.73 Å². The number of hydrogen-bond acceptors (Lipinski definition) is 4. The molecule has 1 atom stereocenters. The highest BCUT2D eigenvalue weighted by molar-refractivity contribution is 5.93.